The minimum absolute atomic E-state index is 0.0228. The second-order valence-corrected chi connectivity index (χ2v) is 7.27. The van der Waals surface area contributed by atoms with Crippen molar-refractivity contribution in [3.8, 4) is 6.07 Å². The molecule has 6 heteroatoms. The van der Waals surface area contributed by atoms with E-state index in [1.165, 1.54) is 24.3 Å². The summed E-state index contributed by atoms with van der Waals surface area (Å²) in [6, 6.07) is 7.87. The average Bonchev–Trinajstić information content (AvgIpc) is 2.34. The van der Waals surface area contributed by atoms with Gasteiger partial charge in [0.1, 0.15) is 0 Å². The molecule has 0 radical (unpaired) electrons. The third-order valence-corrected chi connectivity index (χ3v) is 4.86. The molecule has 5 nitrogen and oxygen atoms in total. The van der Waals surface area contributed by atoms with Crippen LogP contribution in [0.3, 0.4) is 0 Å². The number of hydrogen-bond donors (Lipinski definition) is 1. The maximum Gasteiger partial charge on any atom is 0.179 e. The number of β-amino-alcohol motifs (C(OH)–C–C–N with tert-alkyl or cyclic N) is 1. The maximum absolute atomic E-state index is 12.1. The summed E-state index contributed by atoms with van der Waals surface area (Å²) in [6.45, 7) is 3.17. The molecular formula is C13H16N2O3S. The molecule has 1 aliphatic heterocycles. The molecule has 0 saturated carbocycles. The van der Waals surface area contributed by atoms with Crippen LogP contribution in [0.4, 0.5) is 0 Å². The molecule has 0 unspecified atom stereocenters. The van der Waals surface area contributed by atoms with Crippen LogP contribution in [-0.4, -0.2) is 49.4 Å². The summed E-state index contributed by atoms with van der Waals surface area (Å²) in [4.78, 5) is 2.14. The monoisotopic (exact) mass is 280 g/mol. The summed E-state index contributed by atoms with van der Waals surface area (Å²) in [5.74, 6) is 0.0228. The number of nitrogens with zero attached hydrogens (tertiary/aromatic N) is 2. The average molecular weight is 280 g/mol. The topological polar surface area (TPSA) is 81.4 Å². The van der Waals surface area contributed by atoms with E-state index >= 15 is 0 Å². The van der Waals surface area contributed by atoms with Gasteiger partial charge in [0.2, 0.25) is 0 Å². The molecule has 1 heterocycles. The normalized spacial score (nSPS) is 18.6. The number of benzene rings is 1. The molecule has 1 N–H and O–H groups in total. The van der Waals surface area contributed by atoms with Gasteiger partial charge in [0.05, 0.1) is 27.9 Å². The Kier molecular flexibility index (Phi) is 3.63. The van der Waals surface area contributed by atoms with Crippen molar-refractivity contribution < 1.29 is 13.5 Å². The first-order valence-corrected chi connectivity index (χ1v) is 7.65. The Bertz CT molecular complexity index is 592. The molecule has 102 valence electrons. The van der Waals surface area contributed by atoms with Gasteiger partial charge in [-0.25, -0.2) is 8.42 Å². The van der Waals surface area contributed by atoms with Crippen LogP contribution in [0.5, 0.6) is 0 Å². The fourth-order valence-electron chi connectivity index (χ4n) is 2.18. The molecule has 1 saturated heterocycles. The molecule has 19 heavy (non-hydrogen) atoms. The van der Waals surface area contributed by atoms with Crippen molar-refractivity contribution in [2.24, 2.45) is 0 Å². The van der Waals surface area contributed by atoms with Crippen LogP contribution in [0.1, 0.15) is 12.5 Å². The van der Waals surface area contributed by atoms with Gasteiger partial charge < -0.3 is 5.11 Å². The molecule has 0 aliphatic carbocycles. The van der Waals surface area contributed by atoms with Crippen LogP contribution in [-0.2, 0) is 9.84 Å². The highest BCUT2D eigenvalue weighted by molar-refractivity contribution is 7.91. The van der Waals surface area contributed by atoms with E-state index in [1.54, 1.807) is 6.92 Å². The molecule has 1 aromatic carbocycles. The lowest BCUT2D eigenvalue weighted by molar-refractivity contribution is -0.0802. The number of rotatable bonds is 4. The predicted octanol–water partition coefficient (Wildman–Crippen LogP) is 0.399. The van der Waals surface area contributed by atoms with Gasteiger partial charge in [-0.1, -0.05) is 0 Å². The van der Waals surface area contributed by atoms with Crippen molar-refractivity contribution in [1.29, 1.82) is 5.26 Å². The standard InChI is InChI=1S/C13H16N2O3S/c1-13(16)9-15(10-13)6-7-19(17,18)12-4-2-11(8-14)3-5-12/h2-5,16H,6-7,9-10H2,1H3. The van der Waals surface area contributed by atoms with Gasteiger partial charge in [-0.05, 0) is 31.2 Å². The van der Waals surface area contributed by atoms with Gasteiger partial charge >= 0.3 is 0 Å². The van der Waals surface area contributed by atoms with Crippen LogP contribution in [0, 0.1) is 11.3 Å². The quantitative estimate of drug-likeness (QED) is 0.863. The van der Waals surface area contributed by atoms with E-state index in [0.29, 0.717) is 25.2 Å². The van der Waals surface area contributed by atoms with Crippen LogP contribution in [0.15, 0.2) is 29.2 Å². The van der Waals surface area contributed by atoms with Crippen LogP contribution >= 0.6 is 0 Å². The van der Waals surface area contributed by atoms with Crippen molar-refractivity contribution in [2.45, 2.75) is 17.4 Å². The lowest BCUT2D eigenvalue weighted by Gasteiger charge is -2.44. The predicted molar refractivity (Wildman–Crippen MR) is 70.3 cm³/mol. The maximum atomic E-state index is 12.1. The number of aliphatic hydroxyl groups is 1. The Morgan fingerprint density at radius 2 is 1.95 bits per heavy atom. The highest BCUT2D eigenvalue weighted by Gasteiger charge is 2.36. The lowest BCUT2D eigenvalue weighted by Crippen LogP contribution is -2.60. The summed E-state index contributed by atoms with van der Waals surface area (Å²) >= 11 is 0. The Morgan fingerprint density at radius 3 is 2.42 bits per heavy atom. The third-order valence-electron chi connectivity index (χ3n) is 3.15. The number of hydrogen-bond acceptors (Lipinski definition) is 5. The van der Waals surface area contributed by atoms with E-state index in [2.05, 4.69) is 0 Å². The summed E-state index contributed by atoms with van der Waals surface area (Å²) in [6.07, 6.45) is 0. The van der Waals surface area contributed by atoms with Crippen LogP contribution in [0.25, 0.3) is 0 Å². The van der Waals surface area contributed by atoms with Gasteiger partial charge in [-0.15, -0.1) is 0 Å². The highest BCUT2D eigenvalue weighted by atomic mass is 32.2. The van der Waals surface area contributed by atoms with Gasteiger partial charge in [-0.3, -0.25) is 4.90 Å². The molecule has 0 bridgehead atoms. The molecular weight excluding hydrogens is 264 g/mol. The van der Waals surface area contributed by atoms with Crippen molar-refractivity contribution in [2.75, 3.05) is 25.4 Å². The minimum atomic E-state index is -3.33. The fraction of sp³-hybridized carbons (Fsp3) is 0.462. The third kappa shape index (κ3) is 3.32. The molecule has 2 rings (SSSR count). The summed E-state index contributed by atoms with van der Waals surface area (Å²) < 4.78 is 24.1. The first-order valence-electron chi connectivity index (χ1n) is 6.00. The highest BCUT2D eigenvalue weighted by Crippen LogP contribution is 2.20. The minimum Gasteiger partial charge on any atom is -0.388 e. The largest absolute Gasteiger partial charge is 0.388 e. The second kappa shape index (κ2) is 4.93. The zero-order valence-electron chi connectivity index (χ0n) is 10.7. The zero-order valence-corrected chi connectivity index (χ0v) is 11.5. The smallest absolute Gasteiger partial charge is 0.179 e. The van der Waals surface area contributed by atoms with E-state index in [-0.39, 0.29) is 10.6 Å². The lowest BCUT2D eigenvalue weighted by atomic mass is 9.97. The SMILES string of the molecule is CC1(O)CN(CCS(=O)(=O)c2ccc(C#N)cc2)C1. The molecule has 0 aromatic heterocycles. The molecule has 1 aliphatic rings. The molecule has 0 atom stereocenters. The van der Waals surface area contributed by atoms with E-state index in [4.69, 9.17) is 5.26 Å². The molecule has 0 spiro atoms. The van der Waals surface area contributed by atoms with E-state index < -0.39 is 15.4 Å². The van der Waals surface area contributed by atoms with E-state index in [0.717, 1.165) is 0 Å². The van der Waals surface area contributed by atoms with Gasteiger partial charge in [0.15, 0.2) is 9.84 Å². The first kappa shape index (κ1) is 14.0. The van der Waals surface area contributed by atoms with Gasteiger partial charge in [0, 0.05) is 19.6 Å². The second-order valence-electron chi connectivity index (χ2n) is 5.16. The first-order chi connectivity index (χ1) is 8.82. The van der Waals surface area contributed by atoms with Crippen molar-refractivity contribution >= 4 is 9.84 Å². The molecule has 1 aromatic rings. The van der Waals surface area contributed by atoms with Crippen LogP contribution < -0.4 is 0 Å². The van der Waals surface area contributed by atoms with E-state index in [9.17, 15) is 13.5 Å². The Labute approximate surface area is 113 Å². The van der Waals surface area contributed by atoms with Gasteiger partial charge in [0.25, 0.3) is 0 Å². The van der Waals surface area contributed by atoms with Crippen LogP contribution in [0.2, 0.25) is 0 Å². The number of likely N-dealkylation sites (tertiary alicyclic amines) is 1. The summed E-state index contributed by atoms with van der Waals surface area (Å²) in [5, 5.41) is 18.2. The zero-order chi connectivity index (χ0) is 14.1. The van der Waals surface area contributed by atoms with E-state index in [1.807, 2.05) is 11.0 Å². The fourth-order valence-corrected chi connectivity index (χ4v) is 3.46. The number of sulfone groups is 1. The number of nitriles is 1. The summed E-state index contributed by atoms with van der Waals surface area (Å²) in [7, 11) is -3.33. The van der Waals surface area contributed by atoms with Gasteiger partial charge in [-0.2, -0.15) is 5.26 Å². The Balaban J connectivity index is 1.97. The molecule has 1 fully saturated rings. The van der Waals surface area contributed by atoms with Crippen molar-refractivity contribution in [3.63, 3.8) is 0 Å². The van der Waals surface area contributed by atoms with Crippen molar-refractivity contribution in [1.82, 2.24) is 4.90 Å². The summed E-state index contributed by atoms with van der Waals surface area (Å²) in [5.41, 5.74) is -0.240. The molecule has 0 amide bonds. The Hall–Kier alpha value is -1.42. The van der Waals surface area contributed by atoms with Crippen molar-refractivity contribution in [3.05, 3.63) is 29.8 Å². The Morgan fingerprint density at radius 1 is 1.37 bits per heavy atom.